The minimum absolute atomic E-state index is 0.149. The molecule has 0 aliphatic rings. The predicted octanol–water partition coefficient (Wildman–Crippen LogP) is 0.921. The van der Waals surface area contributed by atoms with Gasteiger partial charge in [0.15, 0.2) is 5.69 Å². The fraction of sp³-hybridized carbons (Fsp3) is 0.400. The number of nitrogens with zero attached hydrogens (tertiary/aromatic N) is 2. The Balaban J connectivity index is 2.72. The summed E-state index contributed by atoms with van der Waals surface area (Å²) in [6.45, 7) is 2.40. The minimum Gasteiger partial charge on any atom is -0.461 e. The van der Waals surface area contributed by atoms with Crippen molar-refractivity contribution in [3.05, 3.63) is 12.0 Å². The van der Waals surface area contributed by atoms with Crippen LogP contribution in [0.15, 0.2) is 10.7 Å². The van der Waals surface area contributed by atoms with Gasteiger partial charge in [-0.1, -0.05) is 5.92 Å². The number of carbonyl (C=O) groups excluding carboxylic acids is 1. The van der Waals surface area contributed by atoms with Crippen molar-refractivity contribution in [2.75, 3.05) is 25.1 Å². The molecule has 0 saturated heterocycles. The summed E-state index contributed by atoms with van der Waals surface area (Å²) in [4.78, 5) is 16.8. The van der Waals surface area contributed by atoms with Crippen molar-refractivity contribution in [2.45, 2.75) is 6.92 Å². The lowest BCUT2D eigenvalue weighted by atomic mass is 10.5. The van der Waals surface area contributed by atoms with E-state index in [0.717, 1.165) is 0 Å². The van der Waals surface area contributed by atoms with Crippen LogP contribution in [0.25, 0.3) is 0 Å². The molecule has 0 saturated carbocycles. The van der Waals surface area contributed by atoms with Crippen LogP contribution in [-0.4, -0.2) is 31.2 Å². The SMILES string of the molecule is C#CCN(C)c1nc(C(=O)OCC)co1. The van der Waals surface area contributed by atoms with E-state index in [1.54, 1.807) is 18.9 Å². The van der Waals surface area contributed by atoms with Crippen molar-refractivity contribution in [2.24, 2.45) is 0 Å². The molecule has 0 unspecified atom stereocenters. The van der Waals surface area contributed by atoms with E-state index < -0.39 is 5.97 Å². The van der Waals surface area contributed by atoms with E-state index in [2.05, 4.69) is 10.9 Å². The third-order valence-electron chi connectivity index (χ3n) is 1.63. The average Bonchev–Trinajstić information content (AvgIpc) is 2.67. The molecule has 0 aliphatic carbocycles. The summed E-state index contributed by atoms with van der Waals surface area (Å²) in [5.74, 6) is 1.94. The zero-order valence-electron chi connectivity index (χ0n) is 8.69. The fourth-order valence-electron chi connectivity index (χ4n) is 0.943. The molecule has 0 amide bonds. The molecule has 0 N–H and O–H groups in total. The van der Waals surface area contributed by atoms with E-state index in [-0.39, 0.29) is 5.69 Å². The Morgan fingerprint density at radius 3 is 3.13 bits per heavy atom. The molecular formula is C10H12N2O3. The lowest BCUT2D eigenvalue weighted by molar-refractivity contribution is 0.0519. The van der Waals surface area contributed by atoms with Crippen LogP contribution < -0.4 is 4.90 Å². The third kappa shape index (κ3) is 2.74. The quantitative estimate of drug-likeness (QED) is 0.544. The first-order valence-corrected chi connectivity index (χ1v) is 4.46. The Hall–Kier alpha value is -1.96. The Morgan fingerprint density at radius 2 is 2.53 bits per heavy atom. The molecule has 1 aromatic heterocycles. The number of esters is 1. The molecule has 15 heavy (non-hydrogen) atoms. The molecular weight excluding hydrogens is 196 g/mol. The number of terminal acetylenes is 1. The van der Waals surface area contributed by atoms with Crippen molar-refractivity contribution in [3.63, 3.8) is 0 Å². The number of anilines is 1. The van der Waals surface area contributed by atoms with Gasteiger partial charge in [0.05, 0.1) is 13.2 Å². The predicted molar refractivity (Wildman–Crippen MR) is 54.6 cm³/mol. The topological polar surface area (TPSA) is 55.6 Å². The normalized spacial score (nSPS) is 9.40. The number of rotatable bonds is 4. The van der Waals surface area contributed by atoms with Crippen molar-refractivity contribution in [1.82, 2.24) is 4.98 Å². The number of hydrogen-bond acceptors (Lipinski definition) is 5. The van der Waals surface area contributed by atoms with Gasteiger partial charge in [-0.05, 0) is 6.92 Å². The number of ether oxygens (including phenoxy) is 1. The highest BCUT2D eigenvalue weighted by Crippen LogP contribution is 2.12. The van der Waals surface area contributed by atoms with Crippen LogP contribution in [0.5, 0.6) is 0 Å². The summed E-state index contributed by atoms with van der Waals surface area (Å²) in [5.41, 5.74) is 0.149. The van der Waals surface area contributed by atoms with Gasteiger partial charge in [0.2, 0.25) is 0 Å². The number of carbonyl (C=O) groups is 1. The summed E-state index contributed by atoms with van der Waals surface area (Å²) in [6.07, 6.45) is 6.38. The van der Waals surface area contributed by atoms with Crippen molar-refractivity contribution in [1.29, 1.82) is 0 Å². The molecule has 80 valence electrons. The molecule has 1 heterocycles. The number of oxazole rings is 1. The van der Waals surface area contributed by atoms with Crippen LogP contribution in [0.2, 0.25) is 0 Å². The number of aromatic nitrogens is 1. The molecule has 0 aromatic carbocycles. The van der Waals surface area contributed by atoms with E-state index in [1.165, 1.54) is 6.26 Å². The van der Waals surface area contributed by atoms with Crippen molar-refractivity contribution >= 4 is 12.0 Å². The van der Waals surface area contributed by atoms with Crippen molar-refractivity contribution < 1.29 is 13.9 Å². The van der Waals surface area contributed by atoms with Gasteiger partial charge >= 0.3 is 5.97 Å². The Bertz CT molecular complexity index is 378. The van der Waals surface area contributed by atoms with Crippen LogP contribution in [0.4, 0.5) is 6.01 Å². The van der Waals surface area contributed by atoms with Gasteiger partial charge in [-0.25, -0.2) is 4.79 Å². The molecule has 0 fully saturated rings. The summed E-state index contributed by atoms with van der Waals surface area (Å²) in [6, 6.07) is 0.302. The van der Waals surface area contributed by atoms with E-state index in [1.807, 2.05) is 0 Å². The van der Waals surface area contributed by atoms with Crippen LogP contribution in [-0.2, 0) is 4.74 Å². The van der Waals surface area contributed by atoms with E-state index in [4.69, 9.17) is 15.6 Å². The first-order chi connectivity index (χ1) is 7.19. The molecule has 5 nitrogen and oxygen atoms in total. The summed E-state index contributed by atoms with van der Waals surface area (Å²) in [7, 11) is 1.72. The molecule has 0 atom stereocenters. The Kier molecular flexibility index (Phi) is 3.75. The fourth-order valence-corrected chi connectivity index (χ4v) is 0.943. The van der Waals surface area contributed by atoms with Gasteiger partial charge in [-0.2, -0.15) is 4.98 Å². The smallest absolute Gasteiger partial charge is 0.360 e. The second-order valence-electron chi connectivity index (χ2n) is 2.80. The third-order valence-corrected chi connectivity index (χ3v) is 1.63. The highest BCUT2D eigenvalue weighted by atomic mass is 16.5. The average molecular weight is 208 g/mol. The molecule has 0 spiro atoms. The standard InChI is InChI=1S/C10H12N2O3/c1-4-6-12(3)10-11-8(7-15-10)9(13)14-5-2/h1,7H,5-6H2,2-3H3. The van der Waals surface area contributed by atoms with Crippen LogP contribution in [0, 0.1) is 12.3 Å². The summed E-state index contributed by atoms with van der Waals surface area (Å²) < 4.78 is 9.83. The first-order valence-electron chi connectivity index (χ1n) is 4.46. The summed E-state index contributed by atoms with van der Waals surface area (Å²) >= 11 is 0. The number of hydrogen-bond donors (Lipinski definition) is 0. The van der Waals surface area contributed by atoms with Gasteiger partial charge in [-0.15, -0.1) is 6.42 Å². The lowest BCUT2D eigenvalue weighted by Crippen LogP contribution is -2.17. The molecule has 5 heteroatoms. The maximum Gasteiger partial charge on any atom is 0.360 e. The van der Waals surface area contributed by atoms with E-state index >= 15 is 0 Å². The van der Waals surface area contributed by atoms with Crippen LogP contribution in [0.1, 0.15) is 17.4 Å². The monoisotopic (exact) mass is 208 g/mol. The minimum atomic E-state index is -0.499. The van der Waals surface area contributed by atoms with Crippen LogP contribution >= 0.6 is 0 Å². The second kappa shape index (κ2) is 5.05. The second-order valence-corrected chi connectivity index (χ2v) is 2.80. The Morgan fingerprint density at radius 1 is 1.80 bits per heavy atom. The van der Waals surface area contributed by atoms with Gasteiger partial charge in [-0.3, -0.25) is 0 Å². The van der Waals surface area contributed by atoms with Crippen molar-refractivity contribution in [3.8, 4) is 12.3 Å². The summed E-state index contributed by atoms with van der Waals surface area (Å²) in [5, 5.41) is 0. The zero-order chi connectivity index (χ0) is 11.3. The molecule has 0 bridgehead atoms. The van der Waals surface area contributed by atoms with Crippen LogP contribution in [0.3, 0.4) is 0 Å². The Labute approximate surface area is 88.0 Å². The zero-order valence-corrected chi connectivity index (χ0v) is 8.69. The maximum atomic E-state index is 11.2. The largest absolute Gasteiger partial charge is 0.461 e. The maximum absolute atomic E-state index is 11.2. The highest BCUT2D eigenvalue weighted by molar-refractivity contribution is 5.87. The van der Waals surface area contributed by atoms with E-state index in [0.29, 0.717) is 19.2 Å². The molecule has 0 aliphatic heterocycles. The molecule has 1 rings (SSSR count). The first kappa shape index (κ1) is 11.1. The van der Waals surface area contributed by atoms with Gasteiger partial charge in [0.25, 0.3) is 6.01 Å². The van der Waals surface area contributed by atoms with Gasteiger partial charge in [0, 0.05) is 7.05 Å². The van der Waals surface area contributed by atoms with Gasteiger partial charge in [0.1, 0.15) is 6.26 Å². The molecule has 0 radical (unpaired) electrons. The lowest BCUT2D eigenvalue weighted by Gasteiger charge is -2.08. The molecule has 1 aromatic rings. The van der Waals surface area contributed by atoms with Gasteiger partial charge < -0.3 is 14.1 Å². The van der Waals surface area contributed by atoms with E-state index in [9.17, 15) is 4.79 Å². The highest BCUT2D eigenvalue weighted by Gasteiger charge is 2.14.